The highest BCUT2D eigenvalue weighted by molar-refractivity contribution is 5.89. The minimum absolute atomic E-state index is 0.0666. The molecule has 0 saturated carbocycles. The van der Waals surface area contributed by atoms with Gasteiger partial charge in [0.15, 0.2) is 0 Å². The van der Waals surface area contributed by atoms with Crippen molar-refractivity contribution in [3.8, 4) is 0 Å². The molecule has 0 unspecified atom stereocenters. The number of amides is 2. The van der Waals surface area contributed by atoms with Crippen LogP contribution in [0.1, 0.15) is 37.3 Å². The molecule has 0 radical (unpaired) electrons. The summed E-state index contributed by atoms with van der Waals surface area (Å²) < 4.78 is 0. The standard InChI is InChI=1S/C19H25N5O/c1-23(2)18-8-7-16(14-21-18)22-19(25)24-13-5-3-4-6-17(24)15-9-11-20-12-10-15/h7-12,14,17H,3-6,13H2,1-2H3,(H,22,25)/t17-/m0/s1. The van der Waals surface area contributed by atoms with Crippen LogP contribution in [0, 0.1) is 0 Å². The summed E-state index contributed by atoms with van der Waals surface area (Å²) in [5, 5.41) is 3.00. The summed E-state index contributed by atoms with van der Waals surface area (Å²) >= 11 is 0. The third kappa shape index (κ3) is 4.26. The number of nitrogens with zero attached hydrogens (tertiary/aromatic N) is 4. The number of carbonyl (C=O) groups is 1. The molecule has 2 amide bonds. The van der Waals surface area contributed by atoms with Gasteiger partial charge in [0.1, 0.15) is 5.82 Å². The number of carbonyl (C=O) groups excluding carboxylic acids is 1. The Morgan fingerprint density at radius 2 is 1.96 bits per heavy atom. The second kappa shape index (κ2) is 7.96. The van der Waals surface area contributed by atoms with Gasteiger partial charge in [-0.05, 0) is 42.7 Å². The van der Waals surface area contributed by atoms with E-state index in [9.17, 15) is 4.79 Å². The number of aromatic nitrogens is 2. The van der Waals surface area contributed by atoms with Gasteiger partial charge < -0.3 is 15.1 Å². The number of pyridine rings is 2. The van der Waals surface area contributed by atoms with Crippen molar-refractivity contribution in [1.82, 2.24) is 14.9 Å². The Bertz CT molecular complexity index is 687. The molecule has 0 spiro atoms. The first-order valence-electron chi connectivity index (χ1n) is 8.76. The van der Waals surface area contributed by atoms with Gasteiger partial charge in [-0.2, -0.15) is 0 Å². The van der Waals surface area contributed by atoms with Gasteiger partial charge in [0.25, 0.3) is 0 Å². The van der Waals surface area contributed by atoms with Gasteiger partial charge in [0, 0.05) is 33.0 Å². The van der Waals surface area contributed by atoms with Crippen molar-refractivity contribution in [3.05, 3.63) is 48.4 Å². The lowest BCUT2D eigenvalue weighted by molar-refractivity contribution is 0.189. The molecule has 6 heteroatoms. The molecule has 6 nitrogen and oxygen atoms in total. The first-order valence-corrected chi connectivity index (χ1v) is 8.76. The number of urea groups is 1. The summed E-state index contributed by atoms with van der Waals surface area (Å²) in [5.74, 6) is 0.863. The van der Waals surface area contributed by atoms with Crippen molar-refractivity contribution >= 4 is 17.5 Å². The molecule has 1 aliphatic rings. The van der Waals surface area contributed by atoms with E-state index >= 15 is 0 Å². The zero-order chi connectivity index (χ0) is 17.6. The van der Waals surface area contributed by atoms with E-state index in [-0.39, 0.29) is 12.1 Å². The minimum Gasteiger partial charge on any atom is -0.363 e. The van der Waals surface area contributed by atoms with Crippen LogP contribution in [-0.2, 0) is 0 Å². The largest absolute Gasteiger partial charge is 0.363 e. The van der Waals surface area contributed by atoms with Crippen LogP contribution < -0.4 is 10.2 Å². The molecule has 1 N–H and O–H groups in total. The zero-order valence-corrected chi connectivity index (χ0v) is 14.9. The fraction of sp³-hybridized carbons (Fsp3) is 0.421. The van der Waals surface area contributed by atoms with Gasteiger partial charge in [-0.25, -0.2) is 9.78 Å². The SMILES string of the molecule is CN(C)c1ccc(NC(=O)N2CCCCC[C@H]2c2ccncc2)cn1. The third-order valence-electron chi connectivity index (χ3n) is 4.56. The Morgan fingerprint density at radius 1 is 1.16 bits per heavy atom. The number of hydrogen-bond donors (Lipinski definition) is 1. The van der Waals surface area contributed by atoms with Crippen molar-refractivity contribution in [1.29, 1.82) is 0 Å². The highest BCUT2D eigenvalue weighted by Gasteiger charge is 2.26. The van der Waals surface area contributed by atoms with Crippen molar-refractivity contribution in [2.24, 2.45) is 0 Å². The van der Waals surface area contributed by atoms with E-state index in [1.54, 1.807) is 18.6 Å². The second-order valence-corrected chi connectivity index (χ2v) is 6.57. The number of anilines is 2. The molecular formula is C19H25N5O. The Morgan fingerprint density at radius 3 is 2.64 bits per heavy atom. The van der Waals surface area contributed by atoms with Crippen molar-refractivity contribution < 1.29 is 4.79 Å². The van der Waals surface area contributed by atoms with Crippen LogP contribution >= 0.6 is 0 Å². The number of likely N-dealkylation sites (tertiary alicyclic amines) is 1. The van der Waals surface area contributed by atoms with Gasteiger partial charge in [-0.3, -0.25) is 4.98 Å². The first kappa shape index (κ1) is 17.2. The summed E-state index contributed by atoms with van der Waals surface area (Å²) in [4.78, 5) is 25.2. The topological polar surface area (TPSA) is 61.4 Å². The Kier molecular flexibility index (Phi) is 5.48. The molecule has 1 saturated heterocycles. The van der Waals surface area contributed by atoms with E-state index in [0.29, 0.717) is 5.69 Å². The Hall–Kier alpha value is -2.63. The van der Waals surface area contributed by atoms with Crippen LogP contribution in [0.3, 0.4) is 0 Å². The van der Waals surface area contributed by atoms with Gasteiger partial charge in [-0.1, -0.05) is 12.8 Å². The van der Waals surface area contributed by atoms with Crippen molar-refractivity contribution in [2.75, 3.05) is 30.9 Å². The quantitative estimate of drug-likeness (QED) is 0.926. The van der Waals surface area contributed by atoms with Gasteiger partial charge in [0.05, 0.1) is 17.9 Å². The average molecular weight is 339 g/mol. The zero-order valence-electron chi connectivity index (χ0n) is 14.9. The molecule has 25 heavy (non-hydrogen) atoms. The number of hydrogen-bond acceptors (Lipinski definition) is 4. The molecule has 1 fully saturated rings. The predicted molar refractivity (Wildman–Crippen MR) is 99.7 cm³/mol. The minimum atomic E-state index is -0.0666. The molecule has 3 heterocycles. The lowest BCUT2D eigenvalue weighted by Crippen LogP contribution is -2.38. The molecule has 132 valence electrons. The molecule has 0 aromatic carbocycles. The predicted octanol–water partition coefficient (Wildman–Crippen LogP) is 3.69. The normalized spacial score (nSPS) is 17.7. The summed E-state index contributed by atoms with van der Waals surface area (Å²) in [6.07, 6.45) is 9.59. The van der Waals surface area contributed by atoms with Crippen LogP contribution in [0.2, 0.25) is 0 Å². The van der Waals surface area contributed by atoms with Gasteiger partial charge >= 0.3 is 6.03 Å². The molecule has 2 aromatic rings. The van der Waals surface area contributed by atoms with E-state index < -0.39 is 0 Å². The highest BCUT2D eigenvalue weighted by Crippen LogP contribution is 2.30. The molecule has 1 atom stereocenters. The number of rotatable bonds is 3. The van der Waals surface area contributed by atoms with E-state index in [1.807, 2.05) is 48.2 Å². The molecule has 2 aromatic heterocycles. The lowest BCUT2D eigenvalue weighted by Gasteiger charge is -2.30. The van der Waals surface area contributed by atoms with E-state index in [2.05, 4.69) is 15.3 Å². The molecule has 1 aliphatic heterocycles. The van der Waals surface area contributed by atoms with E-state index in [4.69, 9.17) is 0 Å². The molecule has 0 aliphatic carbocycles. The average Bonchev–Trinajstić information content (AvgIpc) is 2.89. The van der Waals surface area contributed by atoms with Crippen LogP contribution in [0.15, 0.2) is 42.9 Å². The van der Waals surface area contributed by atoms with Crippen molar-refractivity contribution in [3.63, 3.8) is 0 Å². The fourth-order valence-electron chi connectivity index (χ4n) is 3.20. The second-order valence-electron chi connectivity index (χ2n) is 6.57. The third-order valence-corrected chi connectivity index (χ3v) is 4.56. The van der Waals surface area contributed by atoms with Crippen LogP contribution in [0.4, 0.5) is 16.3 Å². The summed E-state index contributed by atoms with van der Waals surface area (Å²) in [7, 11) is 3.88. The van der Waals surface area contributed by atoms with Crippen LogP contribution in [0.25, 0.3) is 0 Å². The molecular weight excluding hydrogens is 314 g/mol. The van der Waals surface area contributed by atoms with Gasteiger partial charge in [-0.15, -0.1) is 0 Å². The maximum atomic E-state index is 12.9. The Labute approximate surface area is 148 Å². The first-order chi connectivity index (χ1) is 12.1. The maximum absolute atomic E-state index is 12.9. The smallest absolute Gasteiger partial charge is 0.322 e. The summed E-state index contributed by atoms with van der Waals surface area (Å²) in [5.41, 5.74) is 1.86. The maximum Gasteiger partial charge on any atom is 0.322 e. The number of nitrogens with one attached hydrogen (secondary N) is 1. The fourth-order valence-corrected chi connectivity index (χ4v) is 3.20. The van der Waals surface area contributed by atoms with Gasteiger partial charge in [0.2, 0.25) is 0 Å². The summed E-state index contributed by atoms with van der Waals surface area (Å²) in [6, 6.07) is 7.83. The van der Waals surface area contributed by atoms with Crippen LogP contribution in [-0.4, -0.2) is 41.5 Å². The van der Waals surface area contributed by atoms with E-state index in [1.165, 1.54) is 0 Å². The lowest BCUT2D eigenvalue weighted by atomic mass is 10.0. The highest BCUT2D eigenvalue weighted by atomic mass is 16.2. The van der Waals surface area contributed by atoms with Crippen molar-refractivity contribution in [2.45, 2.75) is 31.7 Å². The molecule has 3 rings (SSSR count). The summed E-state index contributed by atoms with van der Waals surface area (Å²) in [6.45, 7) is 0.766. The monoisotopic (exact) mass is 339 g/mol. The van der Waals surface area contributed by atoms with Crippen LogP contribution in [0.5, 0.6) is 0 Å². The van der Waals surface area contributed by atoms with E-state index in [0.717, 1.165) is 43.6 Å². The Balaban J connectivity index is 1.75. The molecule has 0 bridgehead atoms.